The second kappa shape index (κ2) is 8.29. The number of benzene rings is 1. The first-order chi connectivity index (χ1) is 13.6. The molecular weight excluding hydrogens is 418 g/mol. The van der Waals surface area contributed by atoms with Gasteiger partial charge in [-0.25, -0.2) is 18.2 Å². The highest BCUT2D eigenvalue weighted by Gasteiger charge is 2.25. The number of aromatic nitrogens is 1. The number of esters is 1. The van der Waals surface area contributed by atoms with Gasteiger partial charge >= 0.3 is 5.97 Å². The van der Waals surface area contributed by atoms with Crippen molar-refractivity contribution in [2.45, 2.75) is 19.8 Å². The molecule has 2 heterocycles. The Morgan fingerprint density at radius 3 is 2.76 bits per heavy atom. The minimum Gasteiger partial charge on any atom is -0.453 e. The average Bonchev–Trinajstić information content (AvgIpc) is 3.12. The van der Waals surface area contributed by atoms with Crippen molar-refractivity contribution in [3.8, 4) is 0 Å². The third-order valence-electron chi connectivity index (χ3n) is 4.21. The van der Waals surface area contributed by atoms with Gasteiger partial charge in [-0.3, -0.25) is 13.9 Å². The Morgan fingerprint density at radius 1 is 1.31 bits per heavy atom. The van der Waals surface area contributed by atoms with E-state index >= 15 is 0 Å². The van der Waals surface area contributed by atoms with Crippen LogP contribution in [0.3, 0.4) is 0 Å². The monoisotopic (exact) mass is 437 g/mol. The summed E-state index contributed by atoms with van der Waals surface area (Å²) in [6.07, 6.45) is 2.47. The van der Waals surface area contributed by atoms with Gasteiger partial charge in [-0.05, 0) is 36.6 Å². The van der Waals surface area contributed by atoms with Gasteiger partial charge in [0.1, 0.15) is 0 Å². The lowest BCUT2D eigenvalue weighted by Gasteiger charge is -2.29. The number of anilines is 2. The maximum atomic E-state index is 12.4. The van der Waals surface area contributed by atoms with Crippen molar-refractivity contribution in [2.75, 3.05) is 29.0 Å². The molecule has 0 saturated carbocycles. The maximum Gasteiger partial charge on any atom is 0.358 e. The highest BCUT2D eigenvalue weighted by molar-refractivity contribution is 7.92. The number of aryl methyl sites for hydroxylation is 1. The number of thiazole rings is 1. The topological polar surface area (TPSA) is 123 Å². The SMILES string of the molecule is CC(=O)Nc1nc(C(=O)OCC(=O)c2ccc3c(c2)CCCN3S(C)(=O)=O)cs1. The van der Waals surface area contributed by atoms with E-state index in [2.05, 4.69) is 10.3 Å². The smallest absolute Gasteiger partial charge is 0.358 e. The summed E-state index contributed by atoms with van der Waals surface area (Å²) in [6.45, 7) is 1.26. The Balaban J connectivity index is 1.66. The third-order valence-corrected chi connectivity index (χ3v) is 6.15. The fourth-order valence-electron chi connectivity index (χ4n) is 2.94. The van der Waals surface area contributed by atoms with E-state index in [0.717, 1.165) is 23.2 Å². The first-order valence-corrected chi connectivity index (χ1v) is 11.4. The zero-order valence-corrected chi connectivity index (χ0v) is 17.4. The number of nitrogens with one attached hydrogen (secondary N) is 1. The molecule has 3 rings (SSSR count). The van der Waals surface area contributed by atoms with Gasteiger partial charge in [0.25, 0.3) is 0 Å². The quantitative estimate of drug-likeness (QED) is 0.540. The molecule has 0 unspecified atom stereocenters. The molecule has 0 fully saturated rings. The van der Waals surface area contributed by atoms with Crippen molar-refractivity contribution < 1.29 is 27.5 Å². The van der Waals surface area contributed by atoms with Gasteiger partial charge in [0.2, 0.25) is 15.9 Å². The molecule has 1 amide bonds. The zero-order chi connectivity index (χ0) is 21.2. The molecule has 1 N–H and O–H groups in total. The Bertz CT molecular complexity index is 1080. The molecule has 0 bridgehead atoms. The van der Waals surface area contributed by atoms with Crippen LogP contribution in [-0.2, 0) is 26.0 Å². The molecule has 29 heavy (non-hydrogen) atoms. The number of hydrogen-bond donors (Lipinski definition) is 1. The molecule has 1 aliphatic rings. The highest BCUT2D eigenvalue weighted by atomic mass is 32.2. The highest BCUT2D eigenvalue weighted by Crippen LogP contribution is 2.30. The van der Waals surface area contributed by atoms with Crippen LogP contribution in [0.25, 0.3) is 0 Å². The molecular formula is C18H19N3O6S2. The summed E-state index contributed by atoms with van der Waals surface area (Å²) in [5.41, 5.74) is 1.67. The summed E-state index contributed by atoms with van der Waals surface area (Å²) >= 11 is 1.07. The van der Waals surface area contributed by atoms with Crippen LogP contribution in [0, 0.1) is 0 Å². The summed E-state index contributed by atoms with van der Waals surface area (Å²) < 4.78 is 30.2. The van der Waals surface area contributed by atoms with E-state index < -0.39 is 28.4 Å². The van der Waals surface area contributed by atoms with Crippen molar-refractivity contribution >= 4 is 49.8 Å². The van der Waals surface area contributed by atoms with E-state index in [-0.39, 0.29) is 16.7 Å². The Morgan fingerprint density at radius 2 is 2.07 bits per heavy atom. The molecule has 11 heteroatoms. The van der Waals surface area contributed by atoms with E-state index in [0.29, 0.717) is 30.6 Å². The van der Waals surface area contributed by atoms with Crippen LogP contribution >= 0.6 is 11.3 Å². The number of carbonyl (C=O) groups excluding carboxylic acids is 3. The minimum atomic E-state index is -3.38. The normalized spacial score (nSPS) is 13.5. The maximum absolute atomic E-state index is 12.4. The molecule has 0 aliphatic carbocycles. The fraction of sp³-hybridized carbons (Fsp3) is 0.333. The van der Waals surface area contributed by atoms with Crippen LogP contribution in [0.1, 0.15) is 39.8 Å². The van der Waals surface area contributed by atoms with Crippen molar-refractivity contribution in [3.05, 3.63) is 40.4 Å². The van der Waals surface area contributed by atoms with Gasteiger partial charge in [0, 0.05) is 24.4 Å². The number of nitrogens with zero attached hydrogens (tertiary/aromatic N) is 2. The Kier molecular flexibility index (Phi) is 5.99. The summed E-state index contributed by atoms with van der Waals surface area (Å²) in [4.78, 5) is 39.4. The average molecular weight is 437 g/mol. The lowest BCUT2D eigenvalue weighted by Crippen LogP contribution is -2.34. The molecule has 0 atom stereocenters. The predicted molar refractivity (Wildman–Crippen MR) is 108 cm³/mol. The number of ether oxygens (including phenoxy) is 1. The van der Waals surface area contributed by atoms with E-state index in [4.69, 9.17) is 4.74 Å². The van der Waals surface area contributed by atoms with Crippen LogP contribution in [0.5, 0.6) is 0 Å². The summed E-state index contributed by atoms with van der Waals surface area (Å²) in [7, 11) is -3.38. The van der Waals surface area contributed by atoms with E-state index in [9.17, 15) is 22.8 Å². The van der Waals surface area contributed by atoms with Crippen LogP contribution < -0.4 is 9.62 Å². The molecule has 2 aromatic rings. The number of amides is 1. The third kappa shape index (κ3) is 4.98. The number of ketones is 1. The van der Waals surface area contributed by atoms with E-state index in [1.807, 2.05) is 0 Å². The summed E-state index contributed by atoms with van der Waals surface area (Å²) in [5, 5.41) is 4.15. The number of fused-ring (bicyclic) bond motifs is 1. The summed E-state index contributed by atoms with van der Waals surface area (Å²) in [5.74, 6) is -1.49. The van der Waals surface area contributed by atoms with E-state index in [1.54, 1.807) is 12.1 Å². The minimum absolute atomic E-state index is 0.000727. The van der Waals surface area contributed by atoms with Crippen molar-refractivity contribution in [1.82, 2.24) is 4.98 Å². The van der Waals surface area contributed by atoms with Crippen LogP contribution in [0.2, 0.25) is 0 Å². The molecule has 9 nitrogen and oxygen atoms in total. The zero-order valence-electron chi connectivity index (χ0n) is 15.8. The first kappa shape index (κ1) is 20.9. The second-order valence-corrected chi connectivity index (χ2v) is 9.27. The van der Waals surface area contributed by atoms with Gasteiger partial charge in [0.15, 0.2) is 23.2 Å². The molecule has 1 aliphatic heterocycles. The van der Waals surface area contributed by atoms with Crippen molar-refractivity contribution in [1.29, 1.82) is 0 Å². The number of Topliss-reactive ketones (excluding diaryl/α,β-unsaturated/α-hetero) is 1. The number of rotatable bonds is 6. The largest absolute Gasteiger partial charge is 0.453 e. The second-order valence-electron chi connectivity index (χ2n) is 6.50. The van der Waals surface area contributed by atoms with Crippen LogP contribution in [0.15, 0.2) is 23.6 Å². The molecule has 1 aromatic heterocycles. The predicted octanol–water partition coefficient (Wildman–Crippen LogP) is 1.85. The van der Waals surface area contributed by atoms with Gasteiger partial charge in [0.05, 0.1) is 11.9 Å². The Hall–Kier alpha value is -2.79. The van der Waals surface area contributed by atoms with Gasteiger partial charge in [-0.15, -0.1) is 11.3 Å². The van der Waals surface area contributed by atoms with Gasteiger partial charge < -0.3 is 10.1 Å². The molecule has 0 radical (unpaired) electrons. The van der Waals surface area contributed by atoms with E-state index in [1.165, 1.54) is 22.7 Å². The number of hydrogen-bond acceptors (Lipinski definition) is 8. The van der Waals surface area contributed by atoms with Crippen molar-refractivity contribution in [2.24, 2.45) is 0 Å². The standard InChI is InChI=1S/C18H19N3O6S2/c1-11(22)19-18-20-14(10-28-18)17(24)27-9-16(23)13-5-6-15-12(8-13)4-3-7-21(15)29(2,25)26/h5-6,8,10H,3-4,7,9H2,1-2H3,(H,19,20,22). The van der Waals surface area contributed by atoms with Gasteiger partial charge in [-0.2, -0.15) is 0 Å². The number of carbonyl (C=O) groups is 3. The molecule has 0 spiro atoms. The van der Waals surface area contributed by atoms with Crippen molar-refractivity contribution in [3.63, 3.8) is 0 Å². The summed E-state index contributed by atoms with van der Waals surface area (Å²) in [6, 6.07) is 4.77. The number of sulfonamides is 1. The fourth-order valence-corrected chi connectivity index (χ4v) is 4.67. The molecule has 0 saturated heterocycles. The first-order valence-electron chi connectivity index (χ1n) is 8.69. The lowest BCUT2D eigenvalue weighted by atomic mass is 9.99. The van der Waals surface area contributed by atoms with Crippen LogP contribution in [-0.4, -0.2) is 50.5 Å². The lowest BCUT2D eigenvalue weighted by molar-refractivity contribution is -0.114. The molecule has 154 valence electrons. The Labute approximate surface area is 171 Å². The van der Waals surface area contributed by atoms with Gasteiger partial charge in [-0.1, -0.05) is 0 Å². The van der Waals surface area contributed by atoms with Crippen LogP contribution in [0.4, 0.5) is 10.8 Å². The molecule has 1 aromatic carbocycles.